The Balaban J connectivity index is 1.52. The summed E-state index contributed by atoms with van der Waals surface area (Å²) in [7, 11) is 0. The van der Waals surface area contributed by atoms with Crippen LogP contribution >= 0.6 is 0 Å². The van der Waals surface area contributed by atoms with Gasteiger partial charge in [0.15, 0.2) is 11.6 Å². The van der Waals surface area contributed by atoms with Gasteiger partial charge in [0.25, 0.3) is 0 Å². The summed E-state index contributed by atoms with van der Waals surface area (Å²) in [5.41, 5.74) is 2.99. The van der Waals surface area contributed by atoms with Crippen LogP contribution in [0.15, 0.2) is 42.5 Å². The molecule has 0 bridgehead atoms. The van der Waals surface area contributed by atoms with Gasteiger partial charge in [-0.25, -0.2) is 8.78 Å². The number of halogens is 2. The quantitative estimate of drug-likeness (QED) is 0.755. The number of carbonyl (C=O) groups excluding carboxylic acids is 1. The zero-order valence-electron chi connectivity index (χ0n) is 16.4. The number of amides is 1. The molecular formula is C23H28F2N2O. The van der Waals surface area contributed by atoms with E-state index < -0.39 is 11.6 Å². The Morgan fingerprint density at radius 3 is 2.64 bits per heavy atom. The molecule has 3 rings (SSSR count). The molecule has 1 heterocycles. The Morgan fingerprint density at radius 2 is 1.89 bits per heavy atom. The largest absolute Gasteiger partial charge is 0.352 e. The van der Waals surface area contributed by atoms with Crippen molar-refractivity contribution in [2.45, 2.75) is 58.2 Å². The summed E-state index contributed by atoms with van der Waals surface area (Å²) in [5.74, 6) is -1.84. The molecule has 1 N–H and O–H groups in total. The topological polar surface area (TPSA) is 32.3 Å². The number of nitrogens with one attached hydrogen (secondary N) is 1. The number of hydrogen-bond donors (Lipinski definition) is 1. The fraction of sp³-hybridized carbons (Fsp3) is 0.435. The summed E-state index contributed by atoms with van der Waals surface area (Å²) in [5, 5.41) is 2.96. The second-order valence-corrected chi connectivity index (χ2v) is 7.61. The lowest BCUT2D eigenvalue weighted by molar-refractivity contribution is -0.121. The molecule has 1 amide bonds. The Morgan fingerprint density at radius 1 is 1.11 bits per heavy atom. The Kier molecular flexibility index (Phi) is 7.15. The summed E-state index contributed by atoms with van der Waals surface area (Å²) < 4.78 is 26.2. The maximum atomic E-state index is 13.3. The molecule has 1 aliphatic rings. The molecular weight excluding hydrogens is 358 g/mol. The third-order valence-corrected chi connectivity index (χ3v) is 5.53. The third-order valence-electron chi connectivity index (χ3n) is 5.53. The van der Waals surface area contributed by atoms with E-state index in [1.165, 1.54) is 30.9 Å². The van der Waals surface area contributed by atoms with Crippen molar-refractivity contribution >= 4 is 5.91 Å². The van der Waals surface area contributed by atoms with Gasteiger partial charge in [0, 0.05) is 25.6 Å². The van der Waals surface area contributed by atoms with Gasteiger partial charge in [-0.1, -0.05) is 36.8 Å². The predicted molar refractivity (Wildman–Crippen MR) is 107 cm³/mol. The highest BCUT2D eigenvalue weighted by atomic mass is 19.2. The lowest BCUT2D eigenvalue weighted by Crippen LogP contribution is -2.37. The van der Waals surface area contributed by atoms with Crippen LogP contribution in [0.25, 0.3) is 0 Å². The Labute approximate surface area is 165 Å². The third kappa shape index (κ3) is 5.61. The van der Waals surface area contributed by atoms with Crippen molar-refractivity contribution in [3.05, 3.63) is 70.8 Å². The van der Waals surface area contributed by atoms with E-state index >= 15 is 0 Å². The van der Waals surface area contributed by atoms with Crippen LogP contribution in [0.3, 0.4) is 0 Å². The smallest absolute Gasteiger partial charge is 0.220 e. The first-order valence-corrected chi connectivity index (χ1v) is 10.0. The number of benzene rings is 2. The van der Waals surface area contributed by atoms with E-state index in [9.17, 15) is 13.6 Å². The molecule has 2 aromatic rings. The second kappa shape index (κ2) is 9.78. The fourth-order valence-corrected chi connectivity index (χ4v) is 3.73. The van der Waals surface area contributed by atoms with Crippen LogP contribution in [0.1, 0.15) is 49.3 Å². The van der Waals surface area contributed by atoms with E-state index in [0.29, 0.717) is 24.6 Å². The van der Waals surface area contributed by atoms with Crippen molar-refractivity contribution in [3.8, 4) is 0 Å². The zero-order valence-corrected chi connectivity index (χ0v) is 16.4. The number of piperidine rings is 1. The van der Waals surface area contributed by atoms with Crippen molar-refractivity contribution in [1.29, 1.82) is 0 Å². The molecule has 0 saturated carbocycles. The van der Waals surface area contributed by atoms with Gasteiger partial charge in [-0.05, 0) is 61.6 Å². The number of likely N-dealkylation sites (tertiary alicyclic amines) is 1. The van der Waals surface area contributed by atoms with Crippen LogP contribution < -0.4 is 5.32 Å². The number of carbonyl (C=O) groups is 1. The van der Waals surface area contributed by atoms with Gasteiger partial charge in [0.1, 0.15) is 0 Å². The Bertz CT molecular complexity index is 809. The van der Waals surface area contributed by atoms with Crippen molar-refractivity contribution < 1.29 is 13.6 Å². The summed E-state index contributed by atoms with van der Waals surface area (Å²) in [4.78, 5) is 14.7. The maximum Gasteiger partial charge on any atom is 0.220 e. The summed E-state index contributed by atoms with van der Waals surface area (Å²) in [6, 6.07) is 12.6. The molecule has 1 unspecified atom stereocenters. The zero-order chi connectivity index (χ0) is 19.9. The summed E-state index contributed by atoms with van der Waals surface area (Å²) in [6.07, 6.45) is 4.41. The van der Waals surface area contributed by atoms with Crippen LogP contribution in [0.4, 0.5) is 8.78 Å². The molecule has 1 fully saturated rings. The van der Waals surface area contributed by atoms with Gasteiger partial charge >= 0.3 is 0 Å². The normalized spacial score (nSPS) is 17.5. The van der Waals surface area contributed by atoms with Gasteiger partial charge in [0.05, 0.1) is 0 Å². The van der Waals surface area contributed by atoms with Crippen molar-refractivity contribution in [1.82, 2.24) is 10.2 Å². The van der Waals surface area contributed by atoms with Gasteiger partial charge in [0.2, 0.25) is 5.91 Å². The van der Waals surface area contributed by atoms with Crippen LogP contribution in [0.5, 0.6) is 0 Å². The minimum atomic E-state index is -0.876. The van der Waals surface area contributed by atoms with E-state index in [0.717, 1.165) is 30.8 Å². The lowest BCUT2D eigenvalue weighted by Gasteiger charge is -2.33. The number of nitrogens with zero attached hydrogens (tertiary/aromatic N) is 1. The van der Waals surface area contributed by atoms with Crippen LogP contribution in [0.2, 0.25) is 0 Å². The molecule has 5 heteroatoms. The SMILES string of the molecule is CC1CCCCN1Cc1ccccc1CNC(=O)CCc1ccc(F)c(F)c1. The first kappa shape index (κ1) is 20.5. The van der Waals surface area contributed by atoms with Gasteiger partial charge < -0.3 is 5.32 Å². The number of hydrogen-bond acceptors (Lipinski definition) is 2. The van der Waals surface area contributed by atoms with Gasteiger partial charge in [-0.15, -0.1) is 0 Å². The van der Waals surface area contributed by atoms with E-state index in [1.54, 1.807) is 0 Å². The number of rotatable bonds is 7. The summed E-state index contributed by atoms with van der Waals surface area (Å²) in [6.45, 7) is 4.79. The second-order valence-electron chi connectivity index (χ2n) is 7.61. The first-order chi connectivity index (χ1) is 13.5. The van der Waals surface area contributed by atoms with Crippen molar-refractivity contribution in [2.75, 3.05) is 6.54 Å². The van der Waals surface area contributed by atoms with E-state index in [-0.39, 0.29) is 12.3 Å². The molecule has 0 aliphatic carbocycles. The van der Waals surface area contributed by atoms with Crippen LogP contribution in [-0.2, 0) is 24.3 Å². The van der Waals surface area contributed by atoms with E-state index in [4.69, 9.17) is 0 Å². The molecule has 1 aliphatic heterocycles. The van der Waals surface area contributed by atoms with Gasteiger partial charge in [-0.2, -0.15) is 0 Å². The van der Waals surface area contributed by atoms with Crippen LogP contribution in [-0.4, -0.2) is 23.4 Å². The molecule has 150 valence electrons. The summed E-state index contributed by atoms with van der Waals surface area (Å²) >= 11 is 0. The molecule has 0 spiro atoms. The fourth-order valence-electron chi connectivity index (χ4n) is 3.73. The average Bonchev–Trinajstić information content (AvgIpc) is 2.70. The van der Waals surface area contributed by atoms with Gasteiger partial charge in [-0.3, -0.25) is 9.69 Å². The average molecular weight is 386 g/mol. The Hall–Kier alpha value is -2.27. The number of aryl methyl sites for hydroxylation is 1. The molecule has 1 saturated heterocycles. The lowest BCUT2D eigenvalue weighted by atomic mass is 10.0. The molecule has 0 radical (unpaired) electrons. The van der Waals surface area contributed by atoms with Crippen molar-refractivity contribution in [3.63, 3.8) is 0 Å². The highest BCUT2D eigenvalue weighted by Crippen LogP contribution is 2.21. The van der Waals surface area contributed by atoms with E-state index in [1.807, 2.05) is 12.1 Å². The van der Waals surface area contributed by atoms with E-state index in [2.05, 4.69) is 29.3 Å². The standard InChI is InChI=1S/C23H28F2N2O/c1-17-6-4-5-13-27(17)16-20-8-3-2-7-19(20)15-26-23(28)12-10-18-9-11-21(24)22(25)14-18/h2-3,7-9,11,14,17H,4-6,10,12-13,15-16H2,1H3,(H,26,28). The molecule has 0 aromatic heterocycles. The van der Waals surface area contributed by atoms with Crippen molar-refractivity contribution in [2.24, 2.45) is 0 Å². The molecule has 2 aromatic carbocycles. The first-order valence-electron chi connectivity index (χ1n) is 10.0. The molecule has 3 nitrogen and oxygen atoms in total. The monoisotopic (exact) mass is 386 g/mol. The highest BCUT2D eigenvalue weighted by molar-refractivity contribution is 5.76. The maximum absolute atomic E-state index is 13.3. The predicted octanol–water partition coefficient (Wildman–Crippen LogP) is 4.59. The minimum Gasteiger partial charge on any atom is -0.352 e. The molecule has 28 heavy (non-hydrogen) atoms. The van der Waals surface area contributed by atoms with Crippen LogP contribution in [0, 0.1) is 11.6 Å². The molecule has 1 atom stereocenters. The minimum absolute atomic E-state index is 0.0918. The highest BCUT2D eigenvalue weighted by Gasteiger charge is 2.19.